The average Bonchev–Trinajstić information content (AvgIpc) is 2.94. The molecule has 4 rings (SSSR count). The third-order valence-electron chi connectivity index (χ3n) is 7.27. The zero-order chi connectivity index (χ0) is 28.8. The van der Waals surface area contributed by atoms with E-state index >= 15 is 0 Å². The van der Waals surface area contributed by atoms with E-state index in [1.807, 2.05) is 13.0 Å². The number of nitrogens with one attached hydrogen (secondary N) is 1. The first-order valence-corrected chi connectivity index (χ1v) is 14.0. The van der Waals surface area contributed by atoms with Gasteiger partial charge < -0.3 is 19.9 Å². The van der Waals surface area contributed by atoms with Crippen LogP contribution in [0.3, 0.4) is 0 Å². The first kappa shape index (κ1) is 29.7. The SMILES string of the molecule is C=C/C(Cl)=C(COc1ccc(N)c(C(=N)c2cc(C)c(OC3CCN(C4COC4)CC3)c(C#N)c2)c1)\C(Cl)=C/C. The van der Waals surface area contributed by atoms with Crippen molar-refractivity contribution >= 4 is 34.6 Å². The molecule has 0 saturated carbocycles. The summed E-state index contributed by atoms with van der Waals surface area (Å²) in [5.41, 5.74) is 9.71. The second-order valence-corrected chi connectivity index (χ2v) is 10.7. The lowest BCUT2D eigenvalue weighted by molar-refractivity contribution is -0.0778. The summed E-state index contributed by atoms with van der Waals surface area (Å²) in [7, 11) is 0. The van der Waals surface area contributed by atoms with Gasteiger partial charge in [0, 0.05) is 45.5 Å². The molecule has 2 aliphatic rings. The molecule has 0 unspecified atom stereocenters. The fourth-order valence-corrected chi connectivity index (χ4v) is 5.18. The Balaban J connectivity index is 1.50. The maximum Gasteiger partial charge on any atom is 0.140 e. The van der Waals surface area contributed by atoms with E-state index in [0.29, 0.717) is 55.6 Å². The number of ether oxygens (including phenoxy) is 3. The number of nitriles is 1. The Bertz CT molecular complexity index is 1380. The van der Waals surface area contributed by atoms with Crippen LogP contribution in [-0.4, -0.2) is 55.7 Å². The van der Waals surface area contributed by atoms with E-state index in [9.17, 15) is 5.26 Å². The van der Waals surface area contributed by atoms with Gasteiger partial charge >= 0.3 is 0 Å². The lowest BCUT2D eigenvalue weighted by Gasteiger charge is -2.41. The topological polar surface area (TPSA) is 105 Å². The third kappa shape index (κ3) is 6.71. The van der Waals surface area contributed by atoms with Gasteiger partial charge in [0.2, 0.25) is 0 Å². The molecule has 0 atom stereocenters. The molecule has 2 aromatic carbocycles. The van der Waals surface area contributed by atoms with Crippen molar-refractivity contribution < 1.29 is 14.2 Å². The molecule has 0 bridgehead atoms. The number of rotatable bonds is 10. The Labute approximate surface area is 245 Å². The minimum absolute atomic E-state index is 0.0439. The number of anilines is 1. The highest BCUT2D eigenvalue weighted by Gasteiger charge is 2.30. The van der Waals surface area contributed by atoms with Crippen LogP contribution < -0.4 is 15.2 Å². The molecule has 7 nitrogen and oxygen atoms in total. The average molecular weight is 582 g/mol. The summed E-state index contributed by atoms with van der Waals surface area (Å²) in [4.78, 5) is 2.45. The van der Waals surface area contributed by atoms with Gasteiger partial charge in [-0.3, -0.25) is 10.3 Å². The minimum atomic E-state index is 0.0439. The van der Waals surface area contributed by atoms with Gasteiger partial charge in [-0.1, -0.05) is 41.9 Å². The first-order chi connectivity index (χ1) is 19.2. The van der Waals surface area contributed by atoms with E-state index in [2.05, 4.69) is 17.5 Å². The zero-order valence-corrected chi connectivity index (χ0v) is 24.3. The second-order valence-electron chi connectivity index (χ2n) is 9.91. The third-order valence-corrected chi connectivity index (χ3v) is 8.10. The lowest BCUT2D eigenvalue weighted by Crippen LogP contribution is -2.52. The molecule has 0 aromatic heterocycles. The molecule has 9 heteroatoms. The number of hydrogen-bond donors (Lipinski definition) is 2. The number of nitrogen functional groups attached to an aromatic ring is 1. The van der Waals surface area contributed by atoms with Crippen LogP contribution in [0.25, 0.3) is 0 Å². The number of nitrogens with zero attached hydrogens (tertiary/aromatic N) is 2. The Kier molecular flexibility index (Phi) is 9.94. The minimum Gasteiger partial charge on any atom is -0.489 e. The number of halogens is 2. The van der Waals surface area contributed by atoms with Crippen molar-refractivity contribution in [1.29, 1.82) is 10.7 Å². The number of aryl methyl sites for hydroxylation is 1. The number of hydrogen-bond acceptors (Lipinski definition) is 7. The summed E-state index contributed by atoms with van der Waals surface area (Å²) in [5.74, 6) is 1.08. The van der Waals surface area contributed by atoms with Gasteiger partial charge in [-0.15, -0.1) is 0 Å². The van der Waals surface area contributed by atoms with Crippen LogP contribution in [0, 0.1) is 23.7 Å². The highest BCUT2D eigenvalue weighted by molar-refractivity contribution is 6.36. The number of likely N-dealkylation sites (tertiary alicyclic amines) is 1. The smallest absolute Gasteiger partial charge is 0.140 e. The van der Waals surface area contributed by atoms with Crippen molar-refractivity contribution in [3.05, 3.63) is 87.0 Å². The Morgan fingerprint density at radius 2 is 1.98 bits per heavy atom. The molecule has 0 spiro atoms. The van der Waals surface area contributed by atoms with Crippen molar-refractivity contribution in [3.63, 3.8) is 0 Å². The van der Waals surface area contributed by atoms with E-state index in [0.717, 1.165) is 44.7 Å². The van der Waals surface area contributed by atoms with Crippen molar-refractivity contribution in [1.82, 2.24) is 4.90 Å². The largest absolute Gasteiger partial charge is 0.489 e. The quantitative estimate of drug-likeness (QED) is 0.194. The summed E-state index contributed by atoms with van der Waals surface area (Å²) < 4.78 is 17.6. The van der Waals surface area contributed by atoms with Gasteiger partial charge in [0.05, 0.1) is 30.5 Å². The molecule has 3 N–H and O–H groups in total. The zero-order valence-electron chi connectivity index (χ0n) is 22.8. The van der Waals surface area contributed by atoms with Crippen LogP contribution in [0.5, 0.6) is 11.5 Å². The van der Waals surface area contributed by atoms with Crippen molar-refractivity contribution in [2.24, 2.45) is 0 Å². The molecule has 210 valence electrons. The van der Waals surface area contributed by atoms with E-state index < -0.39 is 0 Å². The maximum atomic E-state index is 9.95. The lowest BCUT2D eigenvalue weighted by atomic mass is 9.96. The van der Waals surface area contributed by atoms with Crippen molar-refractivity contribution in [2.45, 2.75) is 38.8 Å². The summed E-state index contributed by atoms with van der Waals surface area (Å²) in [5, 5.41) is 19.7. The van der Waals surface area contributed by atoms with E-state index in [-0.39, 0.29) is 18.4 Å². The summed E-state index contributed by atoms with van der Waals surface area (Å²) in [6.45, 7) is 11.0. The molecule has 2 aliphatic heterocycles. The molecule has 2 aromatic rings. The highest BCUT2D eigenvalue weighted by atomic mass is 35.5. The number of allylic oxidation sites excluding steroid dienone is 3. The number of piperidine rings is 1. The molecule has 2 fully saturated rings. The Hall–Kier alpha value is -3.28. The fourth-order valence-electron chi connectivity index (χ4n) is 4.82. The maximum absolute atomic E-state index is 9.95. The molecule has 2 saturated heterocycles. The van der Waals surface area contributed by atoms with Crippen LogP contribution in [0.4, 0.5) is 5.69 Å². The Morgan fingerprint density at radius 3 is 2.58 bits per heavy atom. The van der Waals surface area contributed by atoms with Gasteiger partial charge in [-0.05, 0) is 62.6 Å². The van der Waals surface area contributed by atoms with Crippen LogP contribution in [0.2, 0.25) is 0 Å². The summed E-state index contributed by atoms with van der Waals surface area (Å²) in [6.07, 6.45) is 5.08. The van der Waals surface area contributed by atoms with Gasteiger partial charge in [0.1, 0.15) is 30.3 Å². The second kappa shape index (κ2) is 13.4. The van der Waals surface area contributed by atoms with Crippen molar-refractivity contribution in [2.75, 3.05) is 38.6 Å². The van der Waals surface area contributed by atoms with E-state index in [4.69, 9.17) is 48.6 Å². The first-order valence-electron chi connectivity index (χ1n) is 13.2. The van der Waals surface area contributed by atoms with Gasteiger partial charge in [0.15, 0.2) is 0 Å². The van der Waals surface area contributed by atoms with E-state index in [1.54, 1.807) is 37.3 Å². The monoisotopic (exact) mass is 580 g/mol. The predicted molar refractivity (Wildman–Crippen MR) is 161 cm³/mol. The predicted octanol–water partition coefficient (Wildman–Crippen LogP) is 6.31. The highest BCUT2D eigenvalue weighted by Crippen LogP contribution is 2.32. The van der Waals surface area contributed by atoms with Gasteiger partial charge in [-0.2, -0.15) is 5.26 Å². The van der Waals surface area contributed by atoms with Crippen molar-refractivity contribution in [3.8, 4) is 17.6 Å². The standard InChI is InChI=1S/C31H34Cl2N4O3/c1-4-27(32)26(28(33)5-2)18-39-24-6-7-29(35)25(14-24)30(36)20-12-19(3)31(21(13-20)15-34)40-23-8-10-37(11-9-23)22-16-38-17-22/h4-7,12-14,22-23,36H,1,8-11,16-18,35H2,2-3H3/b27-26+,28-5+,36-30?. The molecular formula is C31H34Cl2N4O3. The molecule has 2 heterocycles. The molecule has 0 radical (unpaired) electrons. The van der Waals surface area contributed by atoms with Gasteiger partial charge in [0.25, 0.3) is 0 Å². The number of benzene rings is 2. The van der Waals surface area contributed by atoms with Crippen LogP contribution >= 0.6 is 23.2 Å². The van der Waals surface area contributed by atoms with Crippen LogP contribution in [0.1, 0.15) is 42.0 Å². The number of nitrogens with two attached hydrogens (primary N) is 1. The fraction of sp³-hybridized carbons (Fsp3) is 0.355. The van der Waals surface area contributed by atoms with Crippen LogP contribution in [-0.2, 0) is 4.74 Å². The summed E-state index contributed by atoms with van der Waals surface area (Å²) >= 11 is 12.6. The van der Waals surface area contributed by atoms with Crippen LogP contribution in [0.15, 0.2) is 64.7 Å². The normalized spacial score (nSPS) is 17.4. The summed E-state index contributed by atoms with van der Waals surface area (Å²) in [6, 6.07) is 11.4. The molecular weight excluding hydrogens is 547 g/mol. The molecule has 40 heavy (non-hydrogen) atoms. The molecule has 0 amide bonds. The van der Waals surface area contributed by atoms with E-state index in [1.165, 1.54) is 6.08 Å². The Morgan fingerprint density at radius 1 is 1.25 bits per heavy atom. The molecule has 0 aliphatic carbocycles. The van der Waals surface area contributed by atoms with Gasteiger partial charge in [-0.25, -0.2) is 0 Å².